The molecule has 2 aromatic rings. The summed E-state index contributed by atoms with van der Waals surface area (Å²) < 4.78 is 13.1. The fourth-order valence-electron chi connectivity index (χ4n) is 5.77. The Balaban J connectivity index is 1.49. The number of aryl methyl sites for hydroxylation is 3. The van der Waals surface area contributed by atoms with Crippen molar-refractivity contribution in [3.8, 4) is 0 Å². The highest BCUT2D eigenvalue weighted by Crippen LogP contribution is 2.41. The summed E-state index contributed by atoms with van der Waals surface area (Å²) in [5.74, 6) is 2.08. The normalized spacial score (nSPS) is 22.1. The fraction of sp³-hybridized carbons (Fsp3) is 0.552. The molecule has 1 unspecified atom stereocenters. The summed E-state index contributed by atoms with van der Waals surface area (Å²) in [5.41, 5.74) is 6.38. The fourth-order valence-corrected chi connectivity index (χ4v) is 5.77. The summed E-state index contributed by atoms with van der Waals surface area (Å²) in [4.78, 5) is 0. The molecule has 1 saturated heterocycles. The lowest BCUT2D eigenvalue weighted by atomic mass is 9.71. The van der Waals surface area contributed by atoms with Crippen molar-refractivity contribution in [2.24, 2.45) is 11.8 Å². The quantitative estimate of drug-likeness (QED) is 0.432. The molecule has 0 spiro atoms. The third-order valence-corrected chi connectivity index (χ3v) is 7.88. The summed E-state index contributed by atoms with van der Waals surface area (Å²) in [6.07, 6.45) is 14.1. The van der Waals surface area contributed by atoms with Crippen LogP contribution in [0.5, 0.6) is 0 Å². The van der Waals surface area contributed by atoms with Crippen molar-refractivity contribution >= 4 is 6.21 Å². The first kappa shape index (κ1) is 23.2. The maximum Gasteiger partial charge on any atom is 0.123 e. The van der Waals surface area contributed by atoms with Crippen LogP contribution in [0.15, 0.2) is 36.4 Å². The van der Waals surface area contributed by atoms with Crippen LogP contribution in [0.1, 0.15) is 85.1 Å². The van der Waals surface area contributed by atoms with Crippen molar-refractivity contribution in [1.29, 1.82) is 5.41 Å². The van der Waals surface area contributed by atoms with Gasteiger partial charge in [-0.25, -0.2) is 4.39 Å². The summed E-state index contributed by atoms with van der Waals surface area (Å²) in [5, 5.41) is 11.8. The van der Waals surface area contributed by atoms with E-state index in [4.69, 9.17) is 5.41 Å². The molecule has 1 heterocycles. The minimum Gasteiger partial charge on any atom is -0.316 e. The van der Waals surface area contributed by atoms with Crippen molar-refractivity contribution in [2.45, 2.75) is 77.0 Å². The average Bonchev–Trinajstić information content (AvgIpc) is 2.74. The molecule has 1 aliphatic carbocycles. The van der Waals surface area contributed by atoms with Crippen LogP contribution in [0, 0.1) is 30.0 Å². The van der Waals surface area contributed by atoms with Crippen LogP contribution >= 0.6 is 0 Å². The van der Waals surface area contributed by atoms with Gasteiger partial charge in [-0.3, -0.25) is 0 Å². The molecule has 1 aliphatic heterocycles. The monoisotopic (exact) mass is 434 g/mol. The molecule has 2 atom stereocenters. The minimum absolute atomic E-state index is 0.176. The second-order valence-corrected chi connectivity index (χ2v) is 10.1. The van der Waals surface area contributed by atoms with Gasteiger partial charge in [0.2, 0.25) is 0 Å². The highest BCUT2D eigenvalue weighted by Gasteiger charge is 2.30. The van der Waals surface area contributed by atoms with Gasteiger partial charge in [-0.05, 0) is 116 Å². The topological polar surface area (TPSA) is 35.9 Å². The number of halogens is 1. The molecule has 172 valence electrons. The molecule has 0 aromatic heterocycles. The Labute approximate surface area is 193 Å². The van der Waals surface area contributed by atoms with E-state index >= 15 is 0 Å². The molecule has 32 heavy (non-hydrogen) atoms. The number of hydrogen-bond donors (Lipinski definition) is 2. The molecule has 0 amide bonds. The van der Waals surface area contributed by atoms with Crippen molar-refractivity contribution in [1.82, 2.24) is 5.32 Å². The van der Waals surface area contributed by atoms with E-state index in [1.54, 1.807) is 18.3 Å². The Bertz CT molecular complexity index is 885. The van der Waals surface area contributed by atoms with E-state index in [9.17, 15) is 4.39 Å². The largest absolute Gasteiger partial charge is 0.316 e. The van der Waals surface area contributed by atoms with Gasteiger partial charge in [0.15, 0.2) is 0 Å². The van der Waals surface area contributed by atoms with Crippen molar-refractivity contribution in [2.75, 3.05) is 13.1 Å². The zero-order valence-corrected chi connectivity index (χ0v) is 19.6. The Kier molecular flexibility index (Phi) is 8.13. The van der Waals surface area contributed by atoms with Gasteiger partial charge in [0.25, 0.3) is 0 Å². The Hall–Kier alpha value is -2.00. The van der Waals surface area contributed by atoms with E-state index in [2.05, 4.69) is 24.4 Å². The van der Waals surface area contributed by atoms with E-state index in [0.717, 1.165) is 49.8 Å². The number of hydrogen-bond acceptors (Lipinski definition) is 2. The smallest absolute Gasteiger partial charge is 0.123 e. The van der Waals surface area contributed by atoms with E-state index in [1.165, 1.54) is 67.2 Å². The maximum atomic E-state index is 13.1. The second-order valence-electron chi connectivity index (χ2n) is 10.1. The average molecular weight is 435 g/mol. The molecule has 2 aliphatic rings. The van der Waals surface area contributed by atoms with Crippen LogP contribution in [-0.2, 0) is 12.8 Å². The van der Waals surface area contributed by atoms with Crippen LogP contribution in [-0.4, -0.2) is 19.3 Å². The predicted molar refractivity (Wildman–Crippen MR) is 132 cm³/mol. The Morgan fingerprint density at radius 3 is 2.56 bits per heavy atom. The van der Waals surface area contributed by atoms with Crippen molar-refractivity contribution < 1.29 is 4.39 Å². The van der Waals surface area contributed by atoms with E-state index in [-0.39, 0.29) is 5.82 Å². The predicted octanol–water partition coefficient (Wildman–Crippen LogP) is 6.97. The first-order valence-corrected chi connectivity index (χ1v) is 12.7. The minimum atomic E-state index is -0.176. The van der Waals surface area contributed by atoms with Gasteiger partial charge in [-0.15, -0.1) is 0 Å². The van der Waals surface area contributed by atoms with Crippen LogP contribution in [0.4, 0.5) is 4.39 Å². The molecule has 0 bridgehead atoms. The Morgan fingerprint density at radius 1 is 1.03 bits per heavy atom. The third kappa shape index (κ3) is 5.86. The van der Waals surface area contributed by atoms with Crippen LogP contribution in [0.3, 0.4) is 0 Å². The van der Waals surface area contributed by atoms with E-state index < -0.39 is 0 Å². The van der Waals surface area contributed by atoms with Crippen LogP contribution < -0.4 is 5.32 Å². The molecule has 2 aromatic carbocycles. The molecule has 1 saturated carbocycles. The lowest BCUT2D eigenvalue weighted by molar-refractivity contribution is 0.210. The molecule has 2 nitrogen and oxygen atoms in total. The zero-order valence-electron chi connectivity index (χ0n) is 19.6. The van der Waals surface area contributed by atoms with Gasteiger partial charge in [-0.2, -0.15) is 0 Å². The number of nitrogens with one attached hydrogen (secondary N) is 2. The highest BCUT2D eigenvalue weighted by molar-refractivity contribution is 5.80. The van der Waals surface area contributed by atoms with Crippen LogP contribution in [0.25, 0.3) is 0 Å². The summed E-state index contributed by atoms with van der Waals surface area (Å²) in [7, 11) is 0. The van der Waals surface area contributed by atoms with Gasteiger partial charge >= 0.3 is 0 Å². The lowest BCUT2D eigenvalue weighted by Gasteiger charge is -2.36. The molecular weight excluding hydrogens is 395 g/mol. The summed E-state index contributed by atoms with van der Waals surface area (Å²) in [6, 6.07) is 11.5. The maximum absolute atomic E-state index is 13.1. The molecule has 2 fully saturated rings. The van der Waals surface area contributed by atoms with E-state index in [1.807, 2.05) is 12.1 Å². The summed E-state index contributed by atoms with van der Waals surface area (Å²) >= 11 is 0. The van der Waals surface area contributed by atoms with E-state index in [0.29, 0.717) is 5.92 Å². The molecular formula is C29H39FN2. The van der Waals surface area contributed by atoms with Crippen molar-refractivity contribution in [3.63, 3.8) is 0 Å². The number of rotatable bonds is 8. The molecule has 3 heteroatoms. The zero-order chi connectivity index (χ0) is 22.3. The SMILES string of the molecule is Cc1cc(CCCc2ccc(F)cc2)c(C=N)cc1[C@H]1CNCCCCC1CC1CCC1. The van der Waals surface area contributed by atoms with Gasteiger partial charge in [0.1, 0.15) is 5.82 Å². The Morgan fingerprint density at radius 2 is 1.84 bits per heavy atom. The highest BCUT2D eigenvalue weighted by atomic mass is 19.1. The lowest BCUT2D eigenvalue weighted by Crippen LogP contribution is -2.32. The van der Waals surface area contributed by atoms with Crippen LogP contribution in [0.2, 0.25) is 0 Å². The first-order chi connectivity index (χ1) is 15.6. The second kappa shape index (κ2) is 11.2. The van der Waals surface area contributed by atoms with Gasteiger partial charge in [0, 0.05) is 12.8 Å². The molecule has 0 radical (unpaired) electrons. The summed E-state index contributed by atoms with van der Waals surface area (Å²) in [6.45, 7) is 4.47. The standard InChI is InChI=1S/C29H39FN2/c1-21-16-24(10-5-6-22-11-13-27(30)14-12-22)26(19-31)18-28(21)29-20-32-15-3-2-9-25(29)17-23-7-4-8-23/h11-14,16,18-19,23,25,29,31-32H,2-10,15,17,20H2,1H3/t25?,29-/m0/s1. The van der Waals surface area contributed by atoms with Gasteiger partial charge in [-0.1, -0.05) is 43.9 Å². The van der Waals surface area contributed by atoms with Gasteiger partial charge in [0.05, 0.1) is 0 Å². The first-order valence-electron chi connectivity index (χ1n) is 12.7. The third-order valence-electron chi connectivity index (χ3n) is 7.88. The molecule has 4 rings (SSSR count). The van der Waals surface area contributed by atoms with Crippen molar-refractivity contribution in [3.05, 3.63) is 70.0 Å². The van der Waals surface area contributed by atoms with Gasteiger partial charge < -0.3 is 10.7 Å². The number of benzene rings is 2. The molecule has 2 N–H and O–H groups in total.